The smallest absolute Gasteiger partial charge is 0.258 e. The van der Waals surface area contributed by atoms with Gasteiger partial charge in [-0.1, -0.05) is 41.4 Å². The minimum atomic E-state index is -1.34. The second-order valence-electron chi connectivity index (χ2n) is 4.38. The zero-order valence-electron chi connectivity index (χ0n) is 11.2. The van der Waals surface area contributed by atoms with E-state index in [4.69, 9.17) is 23.2 Å². The van der Waals surface area contributed by atoms with Crippen molar-refractivity contribution >= 4 is 45.8 Å². The topological polar surface area (TPSA) is 60.2 Å². The molecule has 114 valence electrons. The Kier molecular flexibility index (Phi) is 5.71. The molecule has 0 aliphatic rings. The van der Waals surface area contributed by atoms with Gasteiger partial charge in [-0.3, -0.25) is 14.3 Å². The Morgan fingerprint density at radius 2 is 1.91 bits per heavy atom. The molecule has 0 saturated heterocycles. The highest BCUT2D eigenvalue weighted by atomic mass is 35.5. The van der Waals surface area contributed by atoms with Gasteiger partial charge in [-0.15, -0.1) is 0 Å². The van der Waals surface area contributed by atoms with E-state index in [-0.39, 0.29) is 11.4 Å². The number of rotatable bonds is 5. The van der Waals surface area contributed by atoms with Crippen molar-refractivity contribution in [3.63, 3.8) is 0 Å². The molecule has 0 radical (unpaired) electrons. The fraction of sp³-hybridized carbons (Fsp3) is 0.0667. The number of para-hydroxylation sites is 1. The lowest BCUT2D eigenvalue weighted by Gasteiger charge is -2.02. The second kappa shape index (κ2) is 7.54. The van der Waals surface area contributed by atoms with E-state index >= 15 is 0 Å². The van der Waals surface area contributed by atoms with E-state index in [1.165, 1.54) is 17.6 Å². The van der Waals surface area contributed by atoms with Crippen molar-refractivity contribution in [3.05, 3.63) is 79.2 Å². The summed E-state index contributed by atoms with van der Waals surface area (Å²) in [6.45, 7) is 0. The highest BCUT2D eigenvalue weighted by Gasteiger charge is 2.10. The molecule has 2 rings (SSSR count). The third-order valence-electron chi connectivity index (χ3n) is 2.85. The SMILES string of the molecule is O=[N+]([O-])c1ccccc1C=CS(=O)Cc1ccc(Cl)cc1Cl. The molecule has 0 spiro atoms. The first-order valence-corrected chi connectivity index (χ1v) is 8.34. The van der Waals surface area contributed by atoms with Crippen LogP contribution in [-0.4, -0.2) is 9.13 Å². The van der Waals surface area contributed by atoms with Gasteiger partial charge in [0.05, 0.1) is 27.0 Å². The minimum Gasteiger partial charge on any atom is -0.258 e. The highest BCUT2D eigenvalue weighted by molar-refractivity contribution is 7.87. The summed E-state index contributed by atoms with van der Waals surface area (Å²) in [7, 11) is -1.34. The first kappa shape index (κ1) is 16.7. The van der Waals surface area contributed by atoms with Crippen molar-refractivity contribution < 1.29 is 9.13 Å². The van der Waals surface area contributed by atoms with Crippen LogP contribution in [-0.2, 0) is 16.6 Å². The summed E-state index contributed by atoms with van der Waals surface area (Å²) in [5.74, 6) is 0.215. The van der Waals surface area contributed by atoms with Gasteiger partial charge < -0.3 is 0 Å². The quantitative estimate of drug-likeness (QED) is 0.570. The molecule has 4 nitrogen and oxygen atoms in total. The van der Waals surface area contributed by atoms with Gasteiger partial charge in [-0.25, -0.2) is 0 Å². The van der Waals surface area contributed by atoms with Gasteiger partial charge in [0.25, 0.3) is 5.69 Å². The zero-order chi connectivity index (χ0) is 16.1. The van der Waals surface area contributed by atoms with Crippen LogP contribution in [0.1, 0.15) is 11.1 Å². The molecule has 0 heterocycles. The van der Waals surface area contributed by atoms with Crippen molar-refractivity contribution in [1.82, 2.24) is 0 Å². The number of nitro benzene ring substituents is 1. The van der Waals surface area contributed by atoms with Gasteiger partial charge >= 0.3 is 0 Å². The Balaban J connectivity index is 2.14. The van der Waals surface area contributed by atoms with Crippen LogP contribution in [0.4, 0.5) is 5.69 Å². The van der Waals surface area contributed by atoms with E-state index in [0.717, 1.165) is 0 Å². The lowest BCUT2D eigenvalue weighted by atomic mass is 10.2. The highest BCUT2D eigenvalue weighted by Crippen LogP contribution is 2.23. The molecule has 2 aromatic carbocycles. The number of benzene rings is 2. The molecule has 1 unspecified atom stereocenters. The van der Waals surface area contributed by atoms with Gasteiger partial charge in [-0.05, 0) is 29.8 Å². The summed E-state index contributed by atoms with van der Waals surface area (Å²) in [5.41, 5.74) is 1.08. The van der Waals surface area contributed by atoms with Crippen molar-refractivity contribution in [3.8, 4) is 0 Å². The monoisotopic (exact) mass is 355 g/mol. The first-order chi connectivity index (χ1) is 10.5. The van der Waals surface area contributed by atoms with Gasteiger partial charge in [0, 0.05) is 21.5 Å². The molecule has 0 amide bonds. The average molecular weight is 356 g/mol. The van der Waals surface area contributed by atoms with Gasteiger partial charge in [0.15, 0.2) is 0 Å². The van der Waals surface area contributed by atoms with Crippen LogP contribution in [0.3, 0.4) is 0 Å². The van der Waals surface area contributed by atoms with Gasteiger partial charge in [0.2, 0.25) is 0 Å². The zero-order valence-corrected chi connectivity index (χ0v) is 13.6. The van der Waals surface area contributed by atoms with E-state index < -0.39 is 15.7 Å². The lowest BCUT2D eigenvalue weighted by molar-refractivity contribution is -0.385. The summed E-state index contributed by atoms with van der Waals surface area (Å²) in [6.07, 6.45) is 1.48. The van der Waals surface area contributed by atoms with Crippen LogP contribution >= 0.6 is 23.2 Å². The Bertz CT molecular complexity index is 762. The molecule has 1 atom stereocenters. The maximum atomic E-state index is 12.1. The van der Waals surface area contributed by atoms with Crippen LogP contribution in [0, 0.1) is 10.1 Å². The van der Waals surface area contributed by atoms with Crippen molar-refractivity contribution in [2.45, 2.75) is 5.75 Å². The van der Waals surface area contributed by atoms with Crippen LogP contribution < -0.4 is 0 Å². The van der Waals surface area contributed by atoms with Crippen LogP contribution in [0.25, 0.3) is 6.08 Å². The fourth-order valence-electron chi connectivity index (χ4n) is 1.78. The molecule has 2 aromatic rings. The maximum Gasteiger partial charge on any atom is 0.276 e. The standard InChI is InChI=1S/C15H11Cl2NO3S/c16-13-6-5-12(14(17)9-13)10-22(21)8-7-11-3-1-2-4-15(11)18(19)20/h1-9H,10H2. The Hall–Kier alpha value is -1.69. The van der Waals surface area contributed by atoms with Crippen LogP contribution in [0.15, 0.2) is 47.9 Å². The largest absolute Gasteiger partial charge is 0.276 e. The normalized spacial score (nSPS) is 12.5. The molecule has 0 aromatic heterocycles. The molecule has 0 saturated carbocycles. The van der Waals surface area contributed by atoms with E-state index in [2.05, 4.69) is 0 Å². The molecule has 7 heteroatoms. The molecule has 0 aliphatic heterocycles. The fourth-order valence-corrected chi connectivity index (χ4v) is 3.29. The Morgan fingerprint density at radius 1 is 1.18 bits per heavy atom. The summed E-state index contributed by atoms with van der Waals surface area (Å²) >= 11 is 11.8. The number of nitrogens with zero attached hydrogens (tertiary/aromatic N) is 1. The molecule has 0 fully saturated rings. The molecule has 0 aliphatic carbocycles. The Morgan fingerprint density at radius 3 is 2.59 bits per heavy atom. The third kappa shape index (κ3) is 4.40. The van der Waals surface area contributed by atoms with E-state index in [9.17, 15) is 14.3 Å². The number of halogens is 2. The number of hydrogen-bond donors (Lipinski definition) is 0. The molecule has 22 heavy (non-hydrogen) atoms. The Labute approximate surface area is 140 Å². The van der Waals surface area contributed by atoms with Crippen LogP contribution in [0.2, 0.25) is 10.0 Å². The minimum absolute atomic E-state index is 0.0275. The summed E-state index contributed by atoms with van der Waals surface area (Å²) in [5, 5.41) is 13.3. The summed E-state index contributed by atoms with van der Waals surface area (Å²) in [6, 6.07) is 11.2. The molecule has 0 N–H and O–H groups in total. The maximum absolute atomic E-state index is 12.1. The predicted octanol–water partition coefficient (Wildman–Crippen LogP) is 4.82. The van der Waals surface area contributed by atoms with Gasteiger partial charge in [0.1, 0.15) is 0 Å². The van der Waals surface area contributed by atoms with E-state index in [0.29, 0.717) is 21.2 Å². The van der Waals surface area contributed by atoms with Crippen molar-refractivity contribution in [2.24, 2.45) is 0 Å². The molecule has 0 bridgehead atoms. The van der Waals surface area contributed by atoms with E-state index in [1.807, 2.05) is 0 Å². The second-order valence-corrected chi connectivity index (χ2v) is 6.55. The molecular weight excluding hydrogens is 345 g/mol. The summed E-state index contributed by atoms with van der Waals surface area (Å²) < 4.78 is 12.1. The van der Waals surface area contributed by atoms with E-state index in [1.54, 1.807) is 36.4 Å². The predicted molar refractivity (Wildman–Crippen MR) is 90.4 cm³/mol. The van der Waals surface area contributed by atoms with Crippen molar-refractivity contribution in [2.75, 3.05) is 0 Å². The third-order valence-corrected chi connectivity index (χ3v) is 4.47. The first-order valence-electron chi connectivity index (χ1n) is 6.20. The lowest BCUT2D eigenvalue weighted by Crippen LogP contribution is -1.94. The molecular formula is C15H11Cl2NO3S. The van der Waals surface area contributed by atoms with Gasteiger partial charge in [-0.2, -0.15) is 0 Å². The summed E-state index contributed by atoms with van der Waals surface area (Å²) in [4.78, 5) is 10.4. The van der Waals surface area contributed by atoms with Crippen LogP contribution in [0.5, 0.6) is 0 Å². The van der Waals surface area contributed by atoms with Crippen molar-refractivity contribution in [1.29, 1.82) is 0 Å². The number of nitro groups is 1. The average Bonchev–Trinajstić information content (AvgIpc) is 2.48. The number of hydrogen-bond acceptors (Lipinski definition) is 3.